The molecule has 7 heteroatoms. The Morgan fingerprint density at radius 1 is 1.37 bits per heavy atom. The van der Waals surface area contributed by atoms with Crippen LogP contribution in [0.1, 0.15) is 5.82 Å². The molecule has 0 radical (unpaired) electrons. The highest BCUT2D eigenvalue weighted by atomic mass is 16.5. The van der Waals surface area contributed by atoms with Crippen molar-refractivity contribution in [1.82, 2.24) is 19.6 Å². The van der Waals surface area contributed by atoms with Crippen LogP contribution in [0.25, 0.3) is 16.6 Å². The Hall–Kier alpha value is -2.54. The molecule has 0 unspecified atom stereocenters. The molecule has 0 saturated heterocycles. The van der Waals surface area contributed by atoms with Gasteiger partial charge >= 0.3 is 5.97 Å². The number of rotatable bonds is 4. The maximum Gasteiger partial charge on any atom is 0.329 e. The summed E-state index contributed by atoms with van der Waals surface area (Å²) in [5.74, 6) is -0.588. The highest BCUT2D eigenvalue weighted by molar-refractivity contribution is 5.90. The van der Waals surface area contributed by atoms with Crippen molar-refractivity contribution >= 4 is 22.5 Å². The van der Waals surface area contributed by atoms with Crippen LogP contribution in [0.15, 0.2) is 30.6 Å². The van der Waals surface area contributed by atoms with Crippen molar-refractivity contribution in [1.29, 1.82) is 0 Å². The Labute approximate surface area is 107 Å². The summed E-state index contributed by atoms with van der Waals surface area (Å²) in [7, 11) is 0. The van der Waals surface area contributed by atoms with Gasteiger partial charge in [-0.15, -0.1) is 5.10 Å². The normalized spacial score (nSPS) is 11.2. The largest absolute Gasteiger partial charge is 0.480 e. The van der Waals surface area contributed by atoms with Gasteiger partial charge in [0.15, 0.2) is 11.5 Å². The number of fused-ring (bicyclic) bond motifs is 3. The van der Waals surface area contributed by atoms with Crippen molar-refractivity contribution in [2.75, 3.05) is 6.61 Å². The van der Waals surface area contributed by atoms with Gasteiger partial charge < -0.3 is 9.84 Å². The number of para-hydroxylation sites is 1. The maximum absolute atomic E-state index is 10.4. The smallest absolute Gasteiger partial charge is 0.329 e. The zero-order chi connectivity index (χ0) is 13.2. The molecule has 0 amide bonds. The summed E-state index contributed by atoms with van der Waals surface area (Å²) in [6.45, 7) is -0.309. The maximum atomic E-state index is 10.4. The summed E-state index contributed by atoms with van der Waals surface area (Å²) in [5, 5.41) is 13.6. The van der Waals surface area contributed by atoms with E-state index in [9.17, 15) is 4.79 Å². The van der Waals surface area contributed by atoms with E-state index < -0.39 is 5.97 Å². The first-order chi connectivity index (χ1) is 9.24. The lowest BCUT2D eigenvalue weighted by Gasteiger charge is -1.96. The van der Waals surface area contributed by atoms with Crippen LogP contribution in [0.3, 0.4) is 0 Å². The SMILES string of the molecule is O=C(O)COCc1nc2c3ccccc3ncn2n1. The average Bonchev–Trinajstić information content (AvgIpc) is 2.81. The Morgan fingerprint density at radius 2 is 2.21 bits per heavy atom. The third-order valence-corrected chi connectivity index (χ3v) is 2.58. The number of carboxylic acids is 1. The van der Waals surface area contributed by atoms with Crippen molar-refractivity contribution in [3.05, 3.63) is 36.4 Å². The second kappa shape index (κ2) is 4.62. The van der Waals surface area contributed by atoms with Gasteiger partial charge in [0.2, 0.25) is 0 Å². The van der Waals surface area contributed by atoms with Gasteiger partial charge in [-0.05, 0) is 12.1 Å². The van der Waals surface area contributed by atoms with Gasteiger partial charge in [-0.3, -0.25) is 0 Å². The minimum atomic E-state index is -1.02. The predicted octanol–water partition coefficient (Wildman–Crippen LogP) is 0.879. The molecule has 2 aromatic heterocycles. The van der Waals surface area contributed by atoms with Gasteiger partial charge in [0.1, 0.15) is 19.5 Å². The van der Waals surface area contributed by atoms with E-state index in [1.165, 1.54) is 0 Å². The van der Waals surface area contributed by atoms with Gasteiger partial charge in [-0.2, -0.15) is 0 Å². The molecule has 1 N–H and O–H groups in total. The zero-order valence-corrected chi connectivity index (χ0v) is 9.85. The fraction of sp³-hybridized carbons (Fsp3) is 0.167. The molecule has 7 nitrogen and oxygen atoms in total. The standard InChI is InChI=1S/C12H10N4O3/c17-11(18)6-19-5-10-14-12-8-3-1-2-4-9(8)13-7-16(12)15-10/h1-4,7H,5-6H2,(H,17,18). The monoisotopic (exact) mass is 258 g/mol. The molecule has 1 aromatic carbocycles. The average molecular weight is 258 g/mol. The van der Waals surface area contributed by atoms with E-state index in [2.05, 4.69) is 15.1 Å². The fourth-order valence-corrected chi connectivity index (χ4v) is 1.81. The number of hydrogen-bond acceptors (Lipinski definition) is 5. The van der Waals surface area contributed by atoms with Gasteiger partial charge in [0.25, 0.3) is 0 Å². The van der Waals surface area contributed by atoms with E-state index in [0.29, 0.717) is 11.5 Å². The molecule has 0 fully saturated rings. The molecule has 0 atom stereocenters. The van der Waals surface area contributed by atoms with Crippen LogP contribution in [0.5, 0.6) is 0 Å². The number of nitrogens with zero attached hydrogens (tertiary/aromatic N) is 4. The van der Waals surface area contributed by atoms with Crippen LogP contribution in [0.2, 0.25) is 0 Å². The van der Waals surface area contributed by atoms with Crippen molar-refractivity contribution in [3.8, 4) is 0 Å². The van der Waals surface area contributed by atoms with Crippen LogP contribution in [0, 0.1) is 0 Å². The summed E-state index contributed by atoms with van der Waals surface area (Å²) in [6, 6.07) is 7.61. The second-order valence-corrected chi connectivity index (χ2v) is 3.94. The zero-order valence-electron chi connectivity index (χ0n) is 9.85. The molecule has 96 valence electrons. The van der Waals surface area contributed by atoms with E-state index in [0.717, 1.165) is 10.9 Å². The lowest BCUT2D eigenvalue weighted by atomic mass is 10.2. The van der Waals surface area contributed by atoms with Crippen LogP contribution in [-0.4, -0.2) is 37.3 Å². The van der Waals surface area contributed by atoms with Crippen molar-refractivity contribution in [3.63, 3.8) is 0 Å². The van der Waals surface area contributed by atoms with Gasteiger partial charge in [-0.1, -0.05) is 12.1 Å². The molecular weight excluding hydrogens is 248 g/mol. The van der Waals surface area contributed by atoms with E-state index in [1.807, 2.05) is 24.3 Å². The van der Waals surface area contributed by atoms with Crippen LogP contribution in [0.4, 0.5) is 0 Å². The Balaban J connectivity index is 1.96. The topological polar surface area (TPSA) is 89.6 Å². The van der Waals surface area contributed by atoms with Crippen molar-refractivity contribution < 1.29 is 14.6 Å². The highest BCUT2D eigenvalue weighted by Crippen LogP contribution is 2.15. The first-order valence-electron chi connectivity index (χ1n) is 5.62. The summed E-state index contributed by atoms with van der Waals surface area (Å²) in [4.78, 5) is 18.9. The van der Waals surface area contributed by atoms with Crippen LogP contribution >= 0.6 is 0 Å². The number of aliphatic carboxylic acids is 1. The molecule has 0 saturated carbocycles. The van der Waals surface area contributed by atoms with Gasteiger partial charge in [0, 0.05) is 5.39 Å². The van der Waals surface area contributed by atoms with E-state index in [-0.39, 0.29) is 13.2 Å². The fourth-order valence-electron chi connectivity index (χ4n) is 1.81. The Morgan fingerprint density at radius 3 is 3.05 bits per heavy atom. The summed E-state index contributed by atoms with van der Waals surface area (Å²) < 4.78 is 6.52. The third kappa shape index (κ3) is 2.23. The van der Waals surface area contributed by atoms with Gasteiger partial charge in [0.05, 0.1) is 5.52 Å². The highest BCUT2D eigenvalue weighted by Gasteiger charge is 2.08. The van der Waals surface area contributed by atoms with Crippen molar-refractivity contribution in [2.45, 2.75) is 6.61 Å². The lowest BCUT2D eigenvalue weighted by molar-refractivity contribution is -0.142. The molecule has 3 rings (SSSR count). The molecule has 0 bridgehead atoms. The molecule has 2 heterocycles. The number of hydrogen-bond donors (Lipinski definition) is 1. The minimum Gasteiger partial charge on any atom is -0.480 e. The number of carboxylic acid groups (broad SMARTS) is 1. The lowest BCUT2D eigenvalue weighted by Crippen LogP contribution is -2.07. The van der Waals surface area contributed by atoms with E-state index >= 15 is 0 Å². The molecule has 0 aliphatic carbocycles. The molecule has 0 aliphatic heterocycles. The predicted molar refractivity (Wildman–Crippen MR) is 65.6 cm³/mol. The second-order valence-electron chi connectivity index (χ2n) is 3.94. The first-order valence-corrected chi connectivity index (χ1v) is 5.62. The third-order valence-electron chi connectivity index (χ3n) is 2.58. The summed E-state index contributed by atoms with van der Waals surface area (Å²) in [6.07, 6.45) is 1.57. The first kappa shape index (κ1) is 11.5. The molecule has 19 heavy (non-hydrogen) atoms. The number of ether oxygens (including phenoxy) is 1. The van der Waals surface area contributed by atoms with Crippen molar-refractivity contribution in [2.24, 2.45) is 0 Å². The molecular formula is C12H10N4O3. The summed E-state index contributed by atoms with van der Waals surface area (Å²) >= 11 is 0. The van der Waals surface area contributed by atoms with Gasteiger partial charge in [-0.25, -0.2) is 19.3 Å². The minimum absolute atomic E-state index is 0.0578. The number of carbonyl (C=O) groups is 1. The van der Waals surface area contributed by atoms with Crippen LogP contribution in [-0.2, 0) is 16.1 Å². The van der Waals surface area contributed by atoms with E-state index in [1.54, 1.807) is 10.8 Å². The summed E-state index contributed by atoms with van der Waals surface area (Å²) in [5.41, 5.74) is 1.51. The van der Waals surface area contributed by atoms with Crippen LogP contribution < -0.4 is 0 Å². The van der Waals surface area contributed by atoms with E-state index in [4.69, 9.17) is 9.84 Å². The number of aromatic nitrogens is 4. The molecule has 0 spiro atoms. The Bertz CT molecular complexity index is 753. The molecule has 3 aromatic rings. The number of benzene rings is 1. The molecule has 0 aliphatic rings. The quantitative estimate of drug-likeness (QED) is 0.747. The Kier molecular flexibility index (Phi) is 2.81.